The van der Waals surface area contributed by atoms with E-state index < -0.39 is 5.97 Å². The average molecular weight is 452 g/mol. The van der Waals surface area contributed by atoms with E-state index in [1.54, 1.807) is 11.3 Å². The second-order valence-electron chi connectivity index (χ2n) is 8.62. The molecule has 146 valence electrons. The number of carboxylic acid groups (broad SMARTS) is 1. The number of benzene rings is 1. The van der Waals surface area contributed by atoms with E-state index in [4.69, 9.17) is 4.74 Å². The Kier molecular flexibility index (Phi) is 5.71. The highest BCUT2D eigenvalue weighted by Gasteiger charge is 2.42. The summed E-state index contributed by atoms with van der Waals surface area (Å²) < 4.78 is 6.74. The van der Waals surface area contributed by atoms with E-state index in [-0.39, 0.29) is 17.6 Å². The molecule has 1 heterocycles. The molecular formula is C21H26BrNO3S. The normalized spacial score (nSPS) is 17.4. The van der Waals surface area contributed by atoms with Crippen molar-refractivity contribution in [2.45, 2.75) is 52.6 Å². The van der Waals surface area contributed by atoms with Crippen molar-refractivity contribution in [3.8, 4) is 0 Å². The first-order valence-electron chi connectivity index (χ1n) is 9.04. The fraction of sp³-hybridized carbons (Fsp3) is 0.476. The zero-order chi connectivity index (χ0) is 19.8. The Morgan fingerprint density at radius 2 is 1.93 bits per heavy atom. The molecule has 1 aromatic carbocycles. The molecule has 6 heteroatoms. The molecule has 4 nitrogen and oxygen atoms in total. The number of carboxylic acids is 1. The summed E-state index contributed by atoms with van der Waals surface area (Å²) in [5, 5.41) is 13.7. The van der Waals surface area contributed by atoms with Crippen LogP contribution in [0.25, 0.3) is 0 Å². The van der Waals surface area contributed by atoms with Gasteiger partial charge in [0.25, 0.3) is 0 Å². The maximum absolute atomic E-state index is 12.0. The quantitative estimate of drug-likeness (QED) is 0.414. The molecule has 0 fully saturated rings. The molecule has 0 spiro atoms. The van der Waals surface area contributed by atoms with Crippen LogP contribution in [-0.4, -0.2) is 17.8 Å². The fourth-order valence-electron chi connectivity index (χ4n) is 4.22. The molecule has 2 N–H and O–H groups in total. The van der Waals surface area contributed by atoms with Gasteiger partial charge >= 0.3 is 5.97 Å². The van der Waals surface area contributed by atoms with Gasteiger partial charge in [-0.15, -0.1) is 11.3 Å². The Bertz CT molecular complexity index is 840. The van der Waals surface area contributed by atoms with Gasteiger partial charge in [0, 0.05) is 9.35 Å². The van der Waals surface area contributed by atoms with Gasteiger partial charge in [-0.25, -0.2) is 4.79 Å². The van der Waals surface area contributed by atoms with Crippen LogP contribution in [0.1, 0.15) is 60.5 Å². The smallest absolute Gasteiger partial charge is 0.338 e. The molecule has 0 saturated heterocycles. The van der Waals surface area contributed by atoms with E-state index in [0.29, 0.717) is 17.2 Å². The van der Waals surface area contributed by atoms with Crippen molar-refractivity contribution in [2.75, 3.05) is 12.0 Å². The largest absolute Gasteiger partial charge is 0.478 e. The maximum atomic E-state index is 12.0. The first-order chi connectivity index (χ1) is 12.6. The highest BCUT2D eigenvalue weighted by Crippen LogP contribution is 2.51. The van der Waals surface area contributed by atoms with Crippen LogP contribution >= 0.6 is 27.3 Å². The lowest BCUT2D eigenvalue weighted by molar-refractivity contribution is 0.0695. The van der Waals surface area contributed by atoms with Crippen molar-refractivity contribution in [3.63, 3.8) is 0 Å². The number of hydrogen-bond donors (Lipinski definition) is 2. The highest BCUT2D eigenvalue weighted by atomic mass is 79.9. The van der Waals surface area contributed by atoms with Gasteiger partial charge in [0.1, 0.15) is 11.7 Å². The van der Waals surface area contributed by atoms with Crippen molar-refractivity contribution in [1.82, 2.24) is 0 Å². The lowest BCUT2D eigenvalue weighted by Crippen LogP contribution is -2.34. The summed E-state index contributed by atoms with van der Waals surface area (Å²) in [6, 6.07) is 7.96. The second kappa shape index (κ2) is 7.57. The van der Waals surface area contributed by atoms with Crippen LogP contribution in [0.15, 0.2) is 28.7 Å². The predicted octanol–water partition coefficient (Wildman–Crippen LogP) is 6.05. The Hall–Kier alpha value is -1.37. The molecule has 0 saturated carbocycles. The number of nitrogens with one attached hydrogen (secondary N) is 1. The molecule has 1 aliphatic rings. The summed E-state index contributed by atoms with van der Waals surface area (Å²) in [6.07, 6.45) is 1.84. The van der Waals surface area contributed by atoms with Crippen LogP contribution in [0.2, 0.25) is 0 Å². The molecule has 0 aliphatic heterocycles. The zero-order valence-electron chi connectivity index (χ0n) is 16.2. The van der Waals surface area contributed by atoms with Crippen LogP contribution in [-0.2, 0) is 23.2 Å². The van der Waals surface area contributed by atoms with Crippen molar-refractivity contribution in [3.05, 3.63) is 50.3 Å². The number of carbonyl (C=O) groups is 1. The molecule has 1 aliphatic carbocycles. The van der Waals surface area contributed by atoms with E-state index >= 15 is 0 Å². The fourth-order valence-corrected chi connectivity index (χ4v) is 5.77. The van der Waals surface area contributed by atoms with E-state index in [1.165, 1.54) is 4.88 Å². The monoisotopic (exact) mass is 451 g/mol. The van der Waals surface area contributed by atoms with E-state index in [1.807, 2.05) is 24.3 Å². The number of hydrogen-bond acceptors (Lipinski definition) is 4. The molecule has 27 heavy (non-hydrogen) atoms. The molecule has 0 amide bonds. The maximum Gasteiger partial charge on any atom is 0.338 e. The Labute approximate surface area is 173 Å². The molecule has 0 bridgehead atoms. The first kappa shape index (κ1) is 20.4. The summed E-state index contributed by atoms with van der Waals surface area (Å²) in [6.45, 7) is 9.61. The topological polar surface area (TPSA) is 58.6 Å². The molecule has 0 unspecified atom stereocenters. The van der Waals surface area contributed by atoms with Crippen LogP contribution in [0.3, 0.4) is 0 Å². The second-order valence-corrected chi connectivity index (χ2v) is 10.6. The minimum atomic E-state index is -0.864. The molecule has 2 aromatic rings. The lowest BCUT2D eigenvalue weighted by atomic mass is 9.65. The minimum absolute atomic E-state index is 0.0236. The first-order valence-corrected chi connectivity index (χ1v) is 10.7. The zero-order valence-corrected chi connectivity index (χ0v) is 18.6. The third kappa shape index (κ3) is 4.55. The Balaban J connectivity index is 1.75. The highest BCUT2D eigenvalue weighted by molar-refractivity contribution is 9.10. The number of ether oxygens (including phenoxy) is 1. The average Bonchev–Trinajstić information content (AvgIpc) is 2.90. The van der Waals surface area contributed by atoms with Gasteiger partial charge in [-0.05, 0) is 46.9 Å². The summed E-state index contributed by atoms with van der Waals surface area (Å²) >= 11 is 4.98. The SMILES string of the molecule is CC1(C)Cc2c(sc(NCOCc3ccc(Br)cc3)c2C(=O)O)C(C)(C)C1. The molecule has 0 radical (unpaired) electrons. The lowest BCUT2D eigenvalue weighted by Gasteiger charge is -2.40. The number of anilines is 1. The van der Waals surface area contributed by atoms with Crippen molar-refractivity contribution < 1.29 is 14.6 Å². The Morgan fingerprint density at radius 1 is 1.26 bits per heavy atom. The van der Waals surface area contributed by atoms with Crippen LogP contribution < -0.4 is 5.32 Å². The molecular weight excluding hydrogens is 426 g/mol. The number of fused-ring (bicyclic) bond motifs is 1. The summed E-state index contributed by atoms with van der Waals surface area (Å²) in [4.78, 5) is 13.2. The van der Waals surface area contributed by atoms with Gasteiger partial charge in [-0.3, -0.25) is 0 Å². The molecule has 0 atom stereocenters. The van der Waals surface area contributed by atoms with E-state index in [2.05, 4.69) is 48.9 Å². The van der Waals surface area contributed by atoms with Crippen LogP contribution in [0, 0.1) is 5.41 Å². The van der Waals surface area contributed by atoms with Gasteiger partial charge < -0.3 is 15.2 Å². The summed E-state index contributed by atoms with van der Waals surface area (Å²) in [7, 11) is 0. The van der Waals surface area contributed by atoms with Crippen LogP contribution in [0.4, 0.5) is 5.00 Å². The van der Waals surface area contributed by atoms with Gasteiger partial charge in [0.15, 0.2) is 0 Å². The van der Waals surface area contributed by atoms with Gasteiger partial charge in [-0.2, -0.15) is 0 Å². The van der Waals surface area contributed by atoms with Gasteiger partial charge in [0.05, 0.1) is 12.2 Å². The van der Waals surface area contributed by atoms with Crippen LogP contribution in [0.5, 0.6) is 0 Å². The third-order valence-electron chi connectivity index (χ3n) is 4.93. The Morgan fingerprint density at radius 3 is 2.56 bits per heavy atom. The minimum Gasteiger partial charge on any atom is -0.478 e. The number of thiophene rings is 1. The van der Waals surface area contributed by atoms with Gasteiger partial charge in [-0.1, -0.05) is 55.8 Å². The third-order valence-corrected chi connectivity index (χ3v) is 7.01. The van der Waals surface area contributed by atoms with Gasteiger partial charge in [0.2, 0.25) is 0 Å². The van der Waals surface area contributed by atoms with E-state index in [9.17, 15) is 9.90 Å². The van der Waals surface area contributed by atoms with Crippen molar-refractivity contribution in [1.29, 1.82) is 0 Å². The van der Waals surface area contributed by atoms with Crippen molar-refractivity contribution >= 4 is 38.2 Å². The molecule has 3 rings (SSSR count). The van der Waals surface area contributed by atoms with E-state index in [0.717, 1.165) is 28.4 Å². The summed E-state index contributed by atoms with van der Waals surface area (Å²) in [5.74, 6) is -0.864. The number of rotatable bonds is 6. The predicted molar refractivity (Wildman–Crippen MR) is 114 cm³/mol. The number of aromatic carboxylic acids is 1. The van der Waals surface area contributed by atoms with Crippen molar-refractivity contribution in [2.24, 2.45) is 5.41 Å². The summed E-state index contributed by atoms with van der Waals surface area (Å²) in [5.41, 5.74) is 2.56. The standard InChI is InChI=1S/C21H26BrNO3S/c1-20(2)9-15-16(19(24)25)18(27-17(15)21(3,4)11-20)23-12-26-10-13-5-7-14(22)8-6-13/h5-8,23H,9-12H2,1-4H3,(H,24,25). The molecule has 1 aromatic heterocycles. The number of halogens is 1.